The molecule has 0 saturated heterocycles. The number of hydrogen-bond acceptors (Lipinski definition) is 4. The first-order valence-electron chi connectivity index (χ1n) is 6.45. The van der Waals surface area contributed by atoms with Crippen LogP contribution in [0.5, 0.6) is 0 Å². The number of rotatable bonds is 5. The van der Waals surface area contributed by atoms with Crippen LogP contribution in [0.4, 0.5) is 0 Å². The summed E-state index contributed by atoms with van der Waals surface area (Å²) in [5.41, 5.74) is 6.62. The molecule has 5 nitrogen and oxygen atoms in total. The zero-order valence-corrected chi connectivity index (χ0v) is 12.1. The van der Waals surface area contributed by atoms with Gasteiger partial charge in [0, 0.05) is 0 Å². The summed E-state index contributed by atoms with van der Waals surface area (Å²) in [4.78, 5) is 22.3. The minimum atomic E-state index is -1.03. The number of aliphatic carboxylic acids is 1. The minimum absolute atomic E-state index is 0.197. The lowest BCUT2D eigenvalue weighted by atomic mass is 10.0. The average molecular weight is 279 g/mol. The first-order valence-corrected chi connectivity index (χ1v) is 6.45. The van der Waals surface area contributed by atoms with E-state index in [1.165, 1.54) is 0 Å². The van der Waals surface area contributed by atoms with Gasteiger partial charge < -0.3 is 15.6 Å². The van der Waals surface area contributed by atoms with Crippen LogP contribution in [0.25, 0.3) is 0 Å². The second-order valence-corrected chi connectivity index (χ2v) is 5.73. The molecule has 3 N–H and O–H groups in total. The maximum Gasteiger partial charge on any atom is 0.320 e. The molecule has 20 heavy (non-hydrogen) atoms. The highest BCUT2D eigenvalue weighted by atomic mass is 16.6. The molecule has 0 saturated carbocycles. The lowest BCUT2D eigenvalue weighted by Gasteiger charge is -2.19. The Hall–Kier alpha value is -1.88. The lowest BCUT2D eigenvalue weighted by molar-refractivity contribution is -0.153. The third kappa shape index (κ3) is 5.84. The quantitative estimate of drug-likeness (QED) is 0.798. The van der Waals surface area contributed by atoms with Crippen LogP contribution < -0.4 is 5.73 Å². The first kappa shape index (κ1) is 16.2. The molecule has 1 unspecified atom stereocenters. The molecule has 0 radical (unpaired) electrons. The standard InChI is InChI=1S/C15H21NO4/c1-15(2,3)20-13(17)9-11-6-4-10(5-7-11)8-12(16)14(18)19/h4-7,12H,8-9,16H2,1-3H3,(H,18,19). The fraction of sp³-hybridized carbons (Fsp3) is 0.467. The van der Waals surface area contributed by atoms with Gasteiger partial charge in [-0.2, -0.15) is 0 Å². The van der Waals surface area contributed by atoms with Crippen LogP contribution in [-0.2, 0) is 27.2 Å². The third-order valence-electron chi connectivity index (χ3n) is 2.56. The minimum Gasteiger partial charge on any atom is -0.480 e. The van der Waals surface area contributed by atoms with E-state index >= 15 is 0 Å². The van der Waals surface area contributed by atoms with Crippen LogP contribution in [0.2, 0.25) is 0 Å². The van der Waals surface area contributed by atoms with E-state index in [0.29, 0.717) is 0 Å². The molecular formula is C15H21NO4. The van der Waals surface area contributed by atoms with Crippen LogP contribution in [0.1, 0.15) is 31.9 Å². The monoisotopic (exact) mass is 279 g/mol. The molecule has 1 aromatic carbocycles. The van der Waals surface area contributed by atoms with Crippen LogP contribution in [-0.4, -0.2) is 28.7 Å². The van der Waals surface area contributed by atoms with Crippen LogP contribution in [0.15, 0.2) is 24.3 Å². The topological polar surface area (TPSA) is 89.6 Å². The fourth-order valence-electron chi connectivity index (χ4n) is 1.68. The molecule has 0 heterocycles. The number of nitrogens with two attached hydrogens (primary N) is 1. The van der Waals surface area contributed by atoms with Crippen LogP contribution in [0.3, 0.4) is 0 Å². The van der Waals surface area contributed by atoms with E-state index in [2.05, 4.69) is 0 Å². The van der Waals surface area contributed by atoms with E-state index in [1.54, 1.807) is 24.3 Å². The summed E-state index contributed by atoms with van der Waals surface area (Å²) in [6.45, 7) is 5.46. The Kier molecular flexibility index (Phi) is 5.27. The number of carboxylic acids is 1. The van der Waals surface area contributed by atoms with E-state index in [9.17, 15) is 9.59 Å². The van der Waals surface area contributed by atoms with Crippen molar-refractivity contribution in [2.24, 2.45) is 5.73 Å². The number of carboxylic acid groups (broad SMARTS) is 1. The molecule has 1 rings (SSSR count). The first-order chi connectivity index (χ1) is 9.17. The molecule has 5 heteroatoms. The van der Waals surface area contributed by atoms with E-state index in [1.807, 2.05) is 20.8 Å². The van der Waals surface area contributed by atoms with E-state index in [4.69, 9.17) is 15.6 Å². The van der Waals surface area contributed by atoms with Gasteiger partial charge >= 0.3 is 11.9 Å². The summed E-state index contributed by atoms with van der Waals surface area (Å²) >= 11 is 0. The number of benzene rings is 1. The number of hydrogen-bond donors (Lipinski definition) is 2. The van der Waals surface area contributed by atoms with Crippen molar-refractivity contribution in [2.45, 2.75) is 45.3 Å². The van der Waals surface area contributed by atoms with Gasteiger partial charge in [-0.05, 0) is 38.3 Å². The highest BCUT2D eigenvalue weighted by Gasteiger charge is 2.16. The van der Waals surface area contributed by atoms with Gasteiger partial charge in [-0.3, -0.25) is 9.59 Å². The van der Waals surface area contributed by atoms with E-state index in [0.717, 1.165) is 11.1 Å². The lowest BCUT2D eigenvalue weighted by Crippen LogP contribution is -2.32. The summed E-state index contributed by atoms with van der Waals surface area (Å²) in [5.74, 6) is -1.31. The molecule has 0 aliphatic heterocycles. The summed E-state index contributed by atoms with van der Waals surface area (Å²) in [5, 5.41) is 8.74. The zero-order valence-electron chi connectivity index (χ0n) is 12.1. The van der Waals surface area contributed by atoms with Crippen molar-refractivity contribution in [1.29, 1.82) is 0 Å². The normalized spacial score (nSPS) is 12.8. The largest absolute Gasteiger partial charge is 0.480 e. The SMILES string of the molecule is CC(C)(C)OC(=O)Cc1ccc(CC(N)C(=O)O)cc1. The van der Waals surface area contributed by atoms with Gasteiger partial charge in [0.2, 0.25) is 0 Å². The number of ether oxygens (including phenoxy) is 1. The molecule has 1 aromatic rings. The molecule has 0 amide bonds. The van der Waals surface area contributed by atoms with E-state index < -0.39 is 17.6 Å². The highest BCUT2D eigenvalue weighted by molar-refractivity contribution is 5.74. The van der Waals surface area contributed by atoms with Crippen molar-refractivity contribution < 1.29 is 19.4 Å². The summed E-state index contributed by atoms with van der Waals surface area (Å²) in [6, 6.07) is 6.22. The maximum atomic E-state index is 11.7. The van der Waals surface area contributed by atoms with Crippen LogP contribution in [0, 0.1) is 0 Å². The van der Waals surface area contributed by atoms with Crippen molar-refractivity contribution in [1.82, 2.24) is 0 Å². The second-order valence-electron chi connectivity index (χ2n) is 5.73. The average Bonchev–Trinajstić information content (AvgIpc) is 2.28. The van der Waals surface area contributed by atoms with Crippen molar-refractivity contribution in [2.75, 3.05) is 0 Å². The Morgan fingerprint density at radius 2 is 1.70 bits per heavy atom. The Bertz CT molecular complexity index is 474. The Balaban J connectivity index is 2.59. The smallest absolute Gasteiger partial charge is 0.320 e. The van der Waals surface area contributed by atoms with Gasteiger partial charge in [0.25, 0.3) is 0 Å². The molecular weight excluding hydrogens is 258 g/mol. The molecule has 110 valence electrons. The van der Waals surface area contributed by atoms with Gasteiger partial charge in [0.05, 0.1) is 6.42 Å². The van der Waals surface area contributed by atoms with Crippen LogP contribution >= 0.6 is 0 Å². The number of carbonyl (C=O) groups is 2. The maximum absolute atomic E-state index is 11.7. The molecule has 0 aromatic heterocycles. The number of carbonyl (C=O) groups excluding carboxylic acids is 1. The predicted octanol–water partition coefficient (Wildman–Crippen LogP) is 1.53. The molecule has 0 fully saturated rings. The Morgan fingerprint density at radius 1 is 1.20 bits per heavy atom. The zero-order chi connectivity index (χ0) is 15.3. The molecule has 0 aliphatic rings. The van der Waals surface area contributed by atoms with E-state index in [-0.39, 0.29) is 18.8 Å². The fourth-order valence-corrected chi connectivity index (χ4v) is 1.68. The van der Waals surface area contributed by atoms with Gasteiger partial charge in [0.1, 0.15) is 11.6 Å². The molecule has 0 aliphatic carbocycles. The second kappa shape index (κ2) is 6.52. The third-order valence-corrected chi connectivity index (χ3v) is 2.56. The molecule has 0 bridgehead atoms. The van der Waals surface area contributed by atoms with Gasteiger partial charge in [-0.25, -0.2) is 0 Å². The summed E-state index contributed by atoms with van der Waals surface area (Å²) in [6.07, 6.45) is 0.463. The Labute approximate surface area is 118 Å². The number of esters is 1. The van der Waals surface area contributed by atoms with Gasteiger partial charge in [-0.15, -0.1) is 0 Å². The van der Waals surface area contributed by atoms with Crippen molar-refractivity contribution in [3.05, 3.63) is 35.4 Å². The highest BCUT2D eigenvalue weighted by Crippen LogP contribution is 2.11. The van der Waals surface area contributed by atoms with Crippen molar-refractivity contribution in [3.63, 3.8) is 0 Å². The summed E-state index contributed by atoms with van der Waals surface area (Å²) in [7, 11) is 0. The van der Waals surface area contributed by atoms with Gasteiger partial charge in [0.15, 0.2) is 0 Å². The van der Waals surface area contributed by atoms with Crippen molar-refractivity contribution >= 4 is 11.9 Å². The molecule has 1 atom stereocenters. The Morgan fingerprint density at radius 3 is 2.15 bits per heavy atom. The predicted molar refractivity (Wildman–Crippen MR) is 75.3 cm³/mol. The summed E-state index contributed by atoms with van der Waals surface area (Å²) < 4.78 is 5.23. The van der Waals surface area contributed by atoms with Crippen molar-refractivity contribution in [3.8, 4) is 0 Å². The molecule has 0 spiro atoms. The van der Waals surface area contributed by atoms with Gasteiger partial charge in [-0.1, -0.05) is 24.3 Å².